The van der Waals surface area contributed by atoms with E-state index in [1.54, 1.807) is 0 Å². The minimum atomic E-state index is -0.960. The van der Waals surface area contributed by atoms with Crippen molar-refractivity contribution in [2.45, 2.75) is 6.92 Å². The fourth-order valence-electron chi connectivity index (χ4n) is 0. The van der Waals surface area contributed by atoms with Gasteiger partial charge in [0.05, 0.1) is 0 Å². The molecule has 0 aromatic rings. The second-order valence-corrected chi connectivity index (χ2v) is 1.56. The SMILES string of the molecule is C[C](S)C(=O)O. The van der Waals surface area contributed by atoms with Crippen LogP contribution in [0.5, 0.6) is 0 Å². The topological polar surface area (TPSA) is 37.3 Å². The summed E-state index contributed by atoms with van der Waals surface area (Å²) in [6.07, 6.45) is 0. The van der Waals surface area contributed by atoms with Crippen molar-refractivity contribution in [1.82, 2.24) is 0 Å². The summed E-state index contributed by atoms with van der Waals surface area (Å²) in [5, 5.41) is 8.00. The zero-order chi connectivity index (χ0) is 5.15. The molecule has 0 saturated heterocycles. The summed E-state index contributed by atoms with van der Waals surface area (Å²) in [5.41, 5.74) is 0. The van der Waals surface area contributed by atoms with E-state index in [1.807, 2.05) is 0 Å². The Kier molecular flexibility index (Phi) is 2.01. The highest BCUT2D eigenvalue weighted by Crippen LogP contribution is 1.99. The van der Waals surface area contributed by atoms with Crippen LogP contribution < -0.4 is 0 Å². The van der Waals surface area contributed by atoms with Crippen molar-refractivity contribution in [3.05, 3.63) is 5.25 Å². The molecule has 0 amide bonds. The lowest BCUT2D eigenvalue weighted by Gasteiger charge is -1.87. The van der Waals surface area contributed by atoms with Crippen LogP contribution in [0.3, 0.4) is 0 Å². The molecule has 0 saturated carbocycles. The first-order valence-corrected chi connectivity index (χ1v) is 1.85. The number of aliphatic carboxylic acids is 1. The zero-order valence-corrected chi connectivity index (χ0v) is 4.20. The van der Waals surface area contributed by atoms with E-state index in [0.717, 1.165) is 0 Å². The van der Waals surface area contributed by atoms with Gasteiger partial charge in [-0.3, -0.25) is 4.79 Å². The molecule has 0 aromatic heterocycles. The van der Waals surface area contributed by atoms with Gasteiger partial charge in [-0.05, 0) is 6.92 Å². The van der Waals surface area contributed by atoms with E-state index in [0.29, 0.717) is 0 Å². The number of carboxylic acids is 1. The molecule has 0 atom stereocenters. The largest absolute Gasteiger partial charge is 0.480 e. The Labute approximate surface area is 41.6 Å². The lowest BCUT2D eigenvalue weighted by molar-refractivity contribution is -0.133. The monoisotopic (exact) mass is 105 g/mol. The van der Waals surface area contributed by atoms with Gasteiger partial charge in [-0.2, -0.15) is 12.6 Å². The highest BCUT2D eigenvalue weighted by molar-refractivity contribution is 7.84. The second kappa shape index (κ2) is 2.08. The first-order chi connectivity index (χ1) is 2.64. The Morgan fingerprint density at radius 2 is 2.00 bits per heavy atom. The van der Waals surface area contributed by atoms with E-state index in [9.17, 15) is 4.79 Å². The molecule has 6 heavy (non-hydrogen) atoms. The molecule has 0 aromatic carbocycles. The third kappa shape index (κ3) is 2.08. The maximum Gasteiger partial charge on any atom is 0.321 e. The van der Waals surface area contributed by atoms with Gasteiger partial charge in [-0.1, -0.05) is 0 Å². The number of thiol groups is 1. The van der Waals surface area contributed by atoms with Crippen molar-refractivity contribution in [2.24, 2.45) is 0 Å². The summed E-state index contributed by atoms with van der Waals surface area (Å²) in [6.45, 7) is 1.42. The zero-order valence-electron chi connectivity index (χ0n) is 3.30. The smallest absolute Gasteiger partial charge is 0.321 e. The molecule has 0 bridgehead atoms. The average molecular weight is 105 g/mol. The van der Waals surface area contributed by atoms with Gasteiger partial charge >= 0.3 is 5.97 Å². The Balaban J connectivity index is 3.26. The molecule has 1 N–H and O–H groups in total. The Bertz CT molecular complexity index is 59.8. The van der Waals surface area contributed by atoms with Crippen molar-refractivity contribution in [1.29, 1.82) is 0 Å². The predicted molar refractivity (Wildman–Crippen MR) is 25.5 cm³/mol. The molecule has 0 aliphatic rings. The fourth-order valence-corrected chi connectivity index (χ4v) is 0. The minimum Gasteiger partial charge on any atom is -0.480 e. The van der Waals surface area contributed by atoms with E-state index >= 15 is 0 Å². The first-order valence-electron chi connectivity index (χ1n) is 1.40. The number of carbonyl (C=O) groups is 1. The number of carboxylic acid groups (broad SMARTS) is 1. The maximum atomic E-state index is 9.59. The van der Waals surface area contributed by atoms with E-state index in [-0.39, 0.29) is 5.25 Å². The highest BCUT2D eigenvalue weighted by Gasteiger charge is 2.02. The minimum absolute atomic E-state index is 0.120. The summed E-state index contributed by atoms with van der Waals surface area (Å²) < 4.78 is 0. The number of hydrogen-bond acceptors (Lipinski definition) is 2. The molecule has 2 nitrogen and oxygen atoms in total. The number of hydrogen-bond donors (Lipinski definition) is 2. The van der Waals surface area contributed by atoms with Crippen LogP contribution in [0.4, 0.5) is 0 Å². The van der Waals surface area contributed by atoms with E-state index in [4.69, 9.17) is 5.11 Å². The predicted octanol–water partition coefficient (Wildman–Crippen LogP) is 0.553. The quantitative estimate of drug-likeness (QED) is 0.478. The molecule has 0 fully saturated rings. The molecule has 0 aliphatic carbocycles. The molecule has 3 heteroatoms. The first kappa shape index (κ1) is 5.82. The third-order valence-corrected chi connectivity index (χ3v) is 0.501. The molecule has 0 unspecified atom stereocenters. The van der Waals surface area contributed by atoms with Crippen LogP contribution in [0.1, 0.15) is 6.92 Å². The van der Waals surface area contributed by atoms with Crippen molar-refractivity contribution in [3.63, 3.8) is 0 Å². The summed E-state index contributed by atoms with van der Waals surface area (Å²) in [7, 11) is 0. The van der Waals surface area contributed by atoms with Crippen molar-refractivity contribution in [3.8, 4) is 0 Å². The van der Waals surface area contributed by atoms with Crippen LogP contribution in [0, 0.1) is 5.25 Å². The van der Waals surface area contributed by atoms with Crippen LogP contribution in [-0.2, 0) is 4.79 Å². The summed E-state index contributed by atoms with van der Waals surface area (Å²) in [5.74, 6) is -0.960. The van der Waals surface area contributed by atoms with Crippen LogP contribution in [0.2, 0.25) is 0 Å². The molecule has 35 valence electrons. The normalized spacial score (nSPS) is 9.17. The molecule has 1 radical (unpaired) electrons. The molecular weight excluding hydrogens is 100 g/mol. The standard InChI is InChI=1S/C3H5O2S/c1-2(6)3(4)5/h6H,1H3,(H,4,5). The summed E-state index contributed by atoms with van der Waals surface area (Å²) >= 11 is 3.51. The third-order valence-electron chi connectivity index (χ3n) is 0.310. The Morgan fingerprint density at radius 1 is 1.83 bits per heavy atom. The lowest BCUT2D eigenvalue weighted by Crippen LogP contribution is -1.97. The van der Waals surface area contributed by atoms with Gasteiger partial charge in [0.1, 0.15) is 5.25 Å². The Morgan fingerprint density at radius 3 is 2.00 bits per heavy atom. The van der Waals surface area contributed by atoms with Crippen molar-refractivity contribution >= 4 is 18.6 Å². The van der Waals surface area contributed by atoms with Crippen LogP contribution in [0.25, 0.3) is 0 Å². The molecule has 0 spiro atoms. The molecular formula is C3H5O2S. The molecule has 0 heterocycles. The molecule has 0 rings (SSSR count). The fraction of sp³-hybridized carbons (Fsp3) is 0.333. The second-order valence-electron chi connectivity index (χ2n) is 0.891. The average Bonchev–Trinajstić information content (AvgIpc) is 1.36. The van der Waals surface area contributed by atoms with Gasteiger partial charge in [-0.15, -0.1) is 0 Å². The van der Waals surface area contributed by atoms with Crippen LogP contribution in [-0.4, -0.2) is 11.1 Å². The van der Waals surface area contributed by atoms with E-state index in [2.05, 4.69) is 12.6 Å². The van der Waals surface area contributed by atoms with Crippen LogP contribution >= 0.6 is 12.6 Å². The Hall–Kier alpha value is -0.180. The highest BCUT2D eigenvalue weighted by atomic mass is 32.1. The van der Waals surface area contributed by atoms with E-state index in [1.165, 1.54) is 6.92 Å². The van der Waals surface area contributed by atoms with Gasteiger partial charge in [-0.25, -0.2) is 0 Å². The summed E-state index contributed by atoms with van der Waals surface area (Å²) in [4.78, 5) is 9.59. The van der Waals surface area contributed by atoms with Gasteiger partial charge in [0.15, 0.2) is 0 Å². The van der Waals surface area contributed by atoms with Crippen molar-refractivity contribution < 1.29 is 9.90 Å². The van der Waals surface area contributed by atoms with Gasteiger partial charge in [0, 0.05) is 0 Å². The van der Waals surface area contributed by atoms with Gasteiger partial charge in [0.25, 0.3) is 0 Å². The number of rotatable bonds is 1. The summed E-state index contributed by atoms with van der Waals surface area (Å²) in [6, 6.07) is 0. The van der Waals surface area contributed by atoms with E-state index < -0.39 is 5.97 Å². The van der Waals surface area contributed by atoms with Crippen molar-refractivity contribution in [2.75, 3.05) is 0 Å². The molecule has 0 aliphatic heterocycles. The van der Waals surface area contributed by atoms with Crippen LogP contribution in [0.15, 0.2) is 0 Å². The van der Waals surface area contributed by atoms with Gasteiger partial charge in [0.2, 0.25) is 0 Å². The van der Waals surface area contributed by atoms with Gasteiger partial charge < -0.3 is 5.11 Å². The lowest BCUT2D eigenvalue weighted by atomic mass is 10.5. The maximum absolute atomic E-state index is 9.59.